The van der Waals surface area contributed by atoms with Crippen LogP contribution in [0.5, 0.6) is 5.75 Å². The number of aromatic nitrogens is 3. The number of halogens is 3. The first kappa shape index (κ1) is 16.2. The van der Waals surface area contributed by atoms with Crippen molar-refractivity contribution in [2.75, 3.05) is 6.61 Å². The van der Waals surface area contributed by atoms with E-state index in [1.54, 1.807) is 24.3 Å². The second-order valence-corrected chi connectivity index (χ2v) is 4.68. The van der Waals surface area contributed by atoms with Crippen molar-refractivity contribution in [3.63, 3.8) is 0 Å². The molecule has 0 radical (unpaired) electrons. The molecule has 0 saturated carbocycles. The van der Waals surface area contributed by atoms with Crippen molar-refractivity contribution < 1.29 is 17.9 Å². The Morgan fingerprint density at radius 1 is 1.41 bits per heavy atom. The number of benzene rings is 1. The van der Waals surface area contributed by atoms with E-state index in [2.05, 4.69) is 15.3 Å². The van der Waals surface area contributed by atoms with Crippen LogP contribution in [0, 0.1) is 4.77 Å². The maximum atomic E-state index is 12.8. The third kappa shape index (κ3) is 3.73. The van der Waals surface area contributed by atoms with Gasteiger partial charge in [0.2, 0.25) is 4.77 Å². The van der Waals surface area contributed by atoms with Gasteiger partial charge in [0.15, 0.2) is 0 Å². The Labute approximate surface area is 129 Å². The van der Waals surface area contributed by atoms with Crippen LogP contribution in [0.25, 0.3) is 0 Å². The fourth-order valence-electron chi connectivity index (χ4n) is 1.63. The van der Waals surface area contributed by atoms with Crippen molar-refractivity contribution in [2.45, 2.75) is 19.5 Å². The van der Waals surface area contributed by atoms with Crippen LogP contribution in [0.1, 0.15) is 24.7 Å². The Bertz CT molecular complexity index is 721. The van der Waals surface area contributed by atoms with E-state index >= 15 is 0 Å². The number of para-hydroxylation sites is 1. The van der Waals surface area contributed by atoms with Crippen LogP contribution >= 0.6 is 12.2 Å². The Hall–Kier alpha value is -2.16. The van der Waals surface area contributed by atoms with Crippen LogP contribution in [0.4, 0.5) is 13.2 Å². The molecule has 0 aliphatic carbocycles. The number of alkyl halides is 3. The van der Waals surface area contributed by atoms with Gasteiger partial charge in [0.1, 0.15) is 5.75 Å². The lowest BCUT2D eigenvalue weighted by atomic mass is 10.2. The lowest BCUT2D eigenvalue weighted by Crippen LogP contribution is -2.13. The predicted molar refractivity (Wildman–Crippen MR) is 77.6 cm³/mol. The summed E-state index contributed by atoms with van der Waals surface area (Å²) >= 11 is 4.76. The van der Waals surface area contributed by atoms with E-state index in [0.29, 0.717) is 22.6 Å². The molecule has 118 valence electrons. The van der Waals surface area contributed by atoms with Gasteiger partial charge >= 0.3 is 6.18 Å². The summed E-state index contributed by atoms with van der Waals surface area (Å²) in [5.41, 5.74) is 0.548. The molecule has 0 fully saturated rings. The highest BCUT2D eigenvalue weighted by Gasteiger charge is 2.37. The molecule has 0 unspecified atom stereocenters. The van der Waals surface area contributed by atoms with Gasteiger partial charge in [-0.05, 0) is 30.8 Å². The van der Waals surface area contributed by atoms with Gasteiger partial charge in [0.25, 0.3) is 5.82 Å². The lowest BCUT2D eigenvalue weighted by molar-refractivity contribution is -0.147. The molecule has 0 aliphatic heterocycles. The Morgan fingerprint density at radius 2 is 2.14 bits per heavy atom. The molecule has 0 amide bonds. The zero-order chi connectivity index (χ0) is 16.2. The molecule has 0 saturated heterocycles. The molecule has 1 aromatic carbocycles. The first-order valence-corrected chi connectivity index (χ1v) is 6.85. The van der Waals surface area contributed by atoms with Crippen LogP contribution in [-0.2, 0) is 6.18 Å². The maximum Gasteiger partial charge on any atom is 0.453 e. The van der Waals surface area contributed by atoms with E-state index in [1.165, 1.54) is 6.21 Å². The summed E-state index contributed by atoms with van der Waals surface area (Å²) in [6.45, 7) is 2.46. The molecular weight excluding hydrogens is 317 g/mol. The van der Waals surface area contributed by atoms with Gasteiger partial charge in [-0.1, -0.05) is 19.1 Å². The molecular formula is C13H13F3N4OS. The van der Waals surface area contributed by atoms with E-state index in [1.807, 2.05) is 6.92 Å². The zero-order valence-electron chi connectivity index (χ0n) is 11.6. The largest absolute Gasteiger partial charge is 0.493 e. The molecule has 0 atom stereocenters. The summed E-state index contributed by atoms with van der Waals surface area (Å²) in [6, 6.07) is 6.91. The zero-order valence-corrected chi connectivity index (χ0v) is 12.4. The van der Waals surface area contributed by atoms with E-state index < -0.39 is 12.0 Å². The van der Waals surface area contributed by atoms with E-state index in [-0.39, 0.29) is 4.77 Å². The molecule has 1 N–H and O–H groups in total. The minimum Gasteiger partial charge on any atom is -0.493 e. The molecule has 2 aromatic rings. The van der Waals surface area contributed by atoms with Gasteiger partial charge < -0.3 is 4.74 Å². The highest BCUT2D eigenvalue weighted by Crippen LogP contribution is 2.27. The summed E-state index contributed by atoms with van der Waals surface area (Å²) in [5.74, 6) is -0.669. The van der Waals surface area contributed by atoms with Gasteiger partial charge in [-0.15, -0.1) is 5.10 Å². The van der Waals surface area contributed by atoms with Crippen molar-refractivity contribution >= 4 is 18.4 Å². The van der Waals surface area contributed by atoms with Gasteiger partial charge in [0, 0.05) is 5.56 Å². The molecule has 0 aliphatic rings. The number of nitrogens with one attached hydrogen (secondary N) is 1. The second-order valence-electron chi connectivity index (χ2n) is 4.29. The van der Waals surface area contributed by atoms with Crippen LogP contribution in [0.15, 0.2) is 29.4 Å². The van der Waals surface area contributed by atoms with E-state index in [9.17, 15) is 13.2 Å². The van der Waals surface area contributed by atoms with Gasteiger partial charge in [-0.3, -0.25) is 0 Å². The quantitative estimate of drug-likeness (QED) is 0.673. The van der Waals surface area contributed by atoms with E-state index in [0.717, 1.165) is 6.42 Å². The smallest absolute Gasteiger partial charge is 0.453 e. The average Bonchev–Trinajstić information content (AvgIpc) is 2.85. The third-order valence-electron chi connectivity index (χ3n) is 2.60. The molecule has 0 spiro atoms. The SMILES string of the molecule is CCCOc1ccccc1/C=N\n1c(C(F)(F)F)n[nH]c1=S. The molecule has 22 heavy (non-hydrogen) atoms. The van der Waals surface area contributed by atoms with Crippen molar-refractivity contribution in [2.24, 2.45) is 5.10 Å². The molecule has 9 heteroatoms. The predicted octanol–water partition coefficient (Wildman–Crippen LogP) is 3.63. The van der Waals surface area contributed by atoms with Crippen molar-refractivity contribution in [3.05, 3.63) is 40.4 Å². The monoisotopic (exact) mass is 330 g/mol. The Balaban J connectivity index is 2.34. The summed E-state index contributed by atoms with van der Waals surface area (Å²) in [5, 5.41) is 8.99. The molecule has 2 rings (SSSR count). The van der Waals surface area contributed by atoms with Crippen LogP contribution < -0.4 is 4.74 Å². The molecule has 1 aromatic heterocycles. The first-order chi connectivity index (χ1) is 10.4. The molecule has 0 bridgehead atoms. The highest BCUT2D eigenvalue weighted by molar-refractivity contribution is 7.71. The average molecular weight is 330 g/mol. The number of hydrogen-bond acceptors (Lipinski definition) is 4. The minimum atomic E-state index is -4.65. The number of rotatable bonds is 5. The lowest BCUT2D eigenvalue weighted by Gasteiger charge is -2.07. The fourth-order valence-corrected chi connectivity index (χ4v) is 1.81. The topological polar surface area (TPSA) is 55.2 Å². The summed E-state index contributed by atoms with van der Waals surface area (Å²) < 4.78 is 44.2. The van der Waals surface area contributed by atoms with Gasteiger partial charge in [0.05, 0.1) is 12.8 Å². The van der Waals surface area contributed by atoms with Gasteiger partial charge in [-0.2, -0.15) is 22.9 Å². The summed E-state index contributed by atoms with van der Waals surface area (Å²) in [7, 11) is 0. The fraction of sp³-hybridized carbons (Fsp3) is 0.308. The van der Waals surface area contributed by atoms with Crippen LogP contribution in [-0.4, -0.2) is 27.7 Å². The number of aromatic amines is 1. The summed E-state index contributed by atoms with van der Waals surface area (Å²) in [6.07, 6.45) is -2.58. The standard InChI is InChI=1S/C13H13F3N4OS/c1-2-7-21-10-6-4-3-5-9(10)8-17-20-11(13(14,15)16)18-19-12(20)22/h3-6,8H,2,7H2,1H3,(H,19,22)/b17-8-. The van der Waals surface area contributed by atoms with Crippen molar-refractivity contribution in [3.8, 4) is 5.75 Å². The van der Waals surface area contributed by atoms with Crippen LogP contribution in [0.3, 0.4) is 0 Å². The Kier molecular flexibility index (Phi) is 4.96. The Morgan fingerprint density at radius 3 is 2.82 bits per heavy atom. The molecule has 1 heterocycles. The number of nitrogens with zero attached hydrogens (tertiary/aromatic N) is 3. The molecule has 5 nitrogen and oxygen atoms in total. The van der Waals surface area contributed by atoms with Gasteiger partial charge in [-0.25, -0.2) is 5.10 Å². The number of ether oxygens (including phenoxy) is 1. The second kappa shape index (κ2) is 6.73. The van der Waals surface area contributed by atoms with Crippen molar-refractivity contribution in [1.29, 1.82) is 0 Å². The van der Waals surface area contributed by atoms with E-state index in [4.69, 9.17) is 17.0 Å². The minimum absolute atomic E-state index is 0.240. The first-order valence-electron chi connectivity index (χ1n) is 6.44. The normalized spacial score (nSPS) is 12.0. The van der Waals surface area contributed by atoms with Crippen molar-refractivity contribution in [1.82, 2.24) is 14.9 Å². The highest BCUT2D eigenvalue weighted by atomic mass is 32.1. The number of H-pyrrole nitrogens is 1. The summed E-state index contributed by atoms with van der Waals surface area (Å²) in [4.78, 5) is 0. The maximum absolute atomic E-state index is 12.8. The third-order valence-corrected chi connectivity index (χ3v) is 2.86. The number of hydrogen-bond donors (Lipinski definition) is 1. The van der Waals surface area contributed by atoms with Crippen LogP contribution in [0.2, 0.25) is 0 Å².